The number of halogens is 1. The van der Waals surface area contributed by atoms with Crippen LogP contribution in [0.3, 0.4) is 0 Å². The maximum atomic E-state index is 6.20. The first-order valence-corrected chi connectivity index (χ1v) is 7.34. The highest BCUT2D eigenvalue weighted by Crippen LogP contribution is 2.24. The molecular formula is C16H17ClN4. The fourth-order valence-electron chi connectivity index (χ4n) is 2.34. The van der Waals surface area contributed by atoms with E-state index < -0.39 is 0 Å². The van der Waals surface area contributed by atoms with Crippen molar-refractivity contribution in [3.63, 3.8) is 0 Å². The minimum absolute atomic E-state index is 0.744. The highest BCUT2D eigenvalue weighted by atomic mass is 35.5. The van der Waals surface area contributed by atoms with Gasteiger partial charge in [-0.1, -0.05) is 17.7 Å². The van der Waals surface area contributed by atoms with E-state index in [1.54, 1.807) is 6.20 Å². The molecule has 1 aromatic carbocycles. The van der Waals surface area contributed by atoms with E-state index in [1.807, 2.05) is 48.3 Å². The average molecular weight is 301 g/mol. The summed E-state index contributed by atoms with van der Waals surface area (Å²) in [6.45, 7) is 4.53. The Morgan fingerprint density at radius 2 is 2.19 bits per heavy atom. The minimum atomic E-state index is 0.744. The maximum absolute atomic E-state index is 6.20. The van der Waals surface area contributed by atoms with Gasteiger partial charge in [-0.15, -0.1) is 0 Å². The lowest BCUT2D eigenvalue weighted by Gasteiger charge is -2.09. The zero-order chi connectivity index (χ0) is 14.7. The van der Waals surface area contributed by atoms with Crippen molar-refractivity contribution in [3.8, 4) is 0 Å². The third-order valence-electron chi connectivity index (χ3n) is 3.40. The Hall–Kier alpha value is -1.91. The van der Waals surface area contributed by atoms with Crippen LogP contribution in [0.4, 0.5) is 0 Å². The number of hydrogen-bond acceptors (Lipinski definition) is 3. The molecule has 3 rings (SSSR count). The van der Waals surface area contributed by atoms with Crippen molar-refractivity contribution < 1.29 is 0 Å². The number of aromatic nitrogens is 3. The predicted octanol–water partition coefficient (Wildman–Crippen LogP) is 3.18. The summed E-state index contributed by atoms with van der Waals surface area (Å²) < 4.78 is 1.94. The summed E-state index contributed by atoms with van der Waals surface area (Å²) >= 11 is 6.20. The fourth-order valence-corrected chi connectivity index (χ4v) is 2.56. The number of aryl methyl sites for hydroxylation is 1. The van der Waals surface area contributed by atoms with Crippen LogP contribution >= 0.6 is 11.6 Å². The number of hydrogen-bond donors (Lipinski definition) is 1. The van der Waals surface area contributed by atoms with Crippen LogP contribution in [0.25, 0.3) is 10.9 Å². The Bertz CT molecular complexity index is 751. The van der Waals surface area contributed by atoms with E-state index in [9.17, 15) is 0 Å². The molecule has 0 spiro atoms. The van der Waals surface area contributed by atoms with Gasteiger partial charge in [-0.05, 0) is 36.2 Å². The molecule has 0 bridgehead atoms. The Morgan fingerprint density at radius 1 is 1.29 bits per heavy atom. The van der Waals surface area contributed by atoms with Crippen LogP contribution in [0.1, 0.15) is 11.1 Å². The second-order valence-electron chi connectivity index (χ2n) is 5.06. The number of benzene rings is 1. The Balaban J connectivity index is 1.64. The highest BCUT2D eigenvalue weighted by molar-refractivity contribution is 6.35. The van der Waals surface area contributed by atoms with Crippen molar-refractivity contribution in [1.82, 2.24) is 20.1 Å². The van der Waals surface area contributed by atoms with Crippen LogP contribution in [-0.4, -0.2) is 21.3 Å². The van der Waals surface area contributed by atoms with Crippen molar-refractivity contribution in [2.75, 3.05) is 6.54 Å². The molecule has 0 aliphatic carbocycles. The molecule has 2 heterocycles. The third-order valence-corrected chi connectivity index (χ3v) is 3.73. The molecule has 1 N–H and O–H groups in total. The van der Waals surface area contributed by atoms with Gasteiger partial charge in [0.2, 0.25) is 0 Å². The molecule has 0 aliphatic heterocycles. The van der Waals surface area contributed by atoms with Crippen LogP contribution in [0.5, 0.6) is 0 Å². The van der Waals surface area contributed by atoms with Gasteiger partial charge in [-0.3, -0.25) is 9.67 Å². The van der Waals surface area contributed by atoms with Crippen LogP contribution in [0.15, 0.2) is 42.9 Å². The van der Waals surface area contributed by atoms with Gasteiger partial charge in [0.1, 0.15) is 0 Å². The zero-order valence-corrected chi connectivity index (χ0v) is 12.6. The molecule has 21 heavy (non-hydrogen) atoms. The van der Waals surface area contributed by atoms with E-state index in [4.69, 9.17) is 11.6 Å². The summed E-state index contributed by atoms with van der Waals surface area (Å²) in [6.07, 6.45) is 5.71. The first-order valence-electron chi connectivity index (χ1n) is 6.96. The molecule has 0 saturated carbocycles. The van der Waals surface area contributed by atoms with E-state index in [0.717, 1.165) is 41.1 Å². The van der Waals surface area contributed by atoms with Gasteiger partial charge in [-0.25, -0.2) is 0 Å². The summed E-state index contributed by atoms with van der Waals surface area (Å²) in [5.41, 5.74) is 3.31. The van der Waals surface area contributed by atoms with Gasteiger partial charge in [0.25, 0.3) is 0 Å². The van der Waals surface area contributed by atoms with Gasteiger partial charge in [0.05, 0.1) is 18.3 Å². The van der Waals surface area contributed by atoms with Crippen molar-refractivity contribution in [3.05, 3.63) is 59.0 Å². The highest BCUT2D eigenvalue weighted by Gasteiger charge is 2.05. The molecule has 4 nitrogen and oxygen atoms in total. The average Bonchev–Trinajstić information content (AvgIpc) is 2.91. The number of rotatable bonds is 5. The van der Waals surface area contributed by atoms with E-state index in [2.05, 4.69) is 15.4 Å². The largest absolute Gasteiger partial charge is 0.311 e. The topological polar surface area (TPSA) is 42.7 Å². The van der Waals surface area contributed by atoms with Gasteiger partial charge in [0.15, 0.2) is 0 Å². The van der Waals surface area contributed by atoms with E-state index in [1.165, 1.54) is 5.56 Å². The lowest BCUT2D eigenvalue weighted by atomic mass is 10.1. The molecule has 5 heteroatoms. The standard InChI is InChI=1S/C16H17ClN4/c1-12-9-20-21(11-12)8-7-18-10-13-4-5-15(17)14-3-2-6-19-16(13)14/h2-6,9,11,18H,7-8,10H2,1H3. The number of nitrogens with zero attached hydrogens (tertiary/aromatic N) is 3. The first-order chi connectivity index (χ1) is 10.2. The molecule has 0 aliphatic rings. The number of nitrogens with one attached hydrogen (secondary N) is 1. The molecule has 0 radical (unpaired) electrons. The van der Waals surface area contributed by atoms with Crippen LogP contribution < -0.4 is 5.32 Å². The molecule has 108 valence electrons. The van der Waals surface area contributed by atoms with Gasteiger partial charge in [0, 0.05) is 35.9 Å². The van der Waals surface area contributed by atoms with E-state index >= 15 is 0 Å². The quantitative estimate of drug-likeness (QED) is 0.736. The molecule has 0 unspecified atom stereocenters. The Labute approximate surface area is 128 Å². The van der Waals surface area contributed by atoms with Crippen molar-refractivity contribution in [2.45, 2.75) is 20.0 Å². The number of pyridine rings is 1. The second-order valence-corrected chi connectivity index (χ2v) is 5.47. The van der Waals surface area contributed by atoms with Crippen molar-refractivity contribution in [1.29, 1.82) is 0 Å². The normalized spacial score (nSPS) is 11.1. The Kier molecular flexibility index (Phi) is 4.18. The van der Waals surface area contributed by atoms with Crippen molar-refractivity contribution in [2.24, 2.45) is 0 Å². The number of fused-ring (bicyclic) bond motifs is 1. The van der Waals surface area contributed by atoms with Gasteiger partial charge in [-0.2, -0.15) is 5.10 Å². The van der Waals surface area contributed by atoms with Crippen LogP contribution in [0, 0.1) is 6.92 Å². The monoisotopic (exact) mass is 300 g/mol. The smallest absolute Gasteiger partial charge is 0.0761 e. The maximum Gasteiger partial charge on any atom is 0.0761 e. The molecule has 2 aromatic heterocycles. The fraction of sp³-hybridized carbons (Fsp3) is 0.250. The lowest BCUT2D eigenvalue weighted by molar-refractivity contribution is 0.555. The van der Waals surface area contributed by atoms with Crippen molar-refractivity contribution >= 4 is 22.5 Å². The summed E-state index contributed by atoms with van der Waals surface area (Å²) in [7, 11) is 0. The summed E-state index contributed by atoms with van der Waals surface area (Å²) in [6, 6.07) is 7.87. The molecule has 0 saturated heterocycles. The summed E-state index contributed by atoms with van der Waals surface area (Å²) in [5.74, 6) is 0. The second kappa shape index (κ2) is 6.24. The van der Waals surface area contributed by atoms with E-state index in [-0.39, 0.29) is 0 Å². The lowest BCUT2D eigenvalue weighted by Crippen LogP contribution is -2.20. The SMILES string of the molecule is Cc1cnn(CCNCc2ccc(Cl)c3cccnc23)c1. The third kappa shape index (κ3) is 3.23. The Morgan fingerprint density at radius 3 is 3.00 bits per heavy atom. The first kappa shape index (κ1) is 14.0. The molecular weight excluding hydrogens is 284 g/mol. The van der Waals surface area contributed by atoms with Crippen LogP contribution in [0.2, 0.25) is 5.02 Å². The zero-order valence-electron chi connectivity index (χ0n) is 11.9. The molecule has 0 atom stereocenters. The summed E-state index contributed by atoms with van der Waals surface area (Å²) in [4.78, 5) is 4.44. The minimum Gasteiger partial charge on any atom is -0.311 e. The molecule has 0 fully saturated rings. The molecule has 0 amide bonds. The molecule has 3 aromatic rings. The van der Waals surface area contributed by atoms with Gasteiger partial charge < -0.3 is 5.32 Å². The van der Waals surface area contributed by atoms with E-state index in [0.29, 0.717) is 0 Å². The van der Waals surface area contributed by atoms with Gasteiger partial charge >= 0.3 is 0 Å². The summed E-state index contributed by atoms with van der Waals surface area (Å²) in [5, 5.41) is 9.44. The predicted molar refractivity (Wildman–Crippen MR) is 85.4 cm³/mol. The van der Waals surface area contributed by atoms with Crippen LogP contribution in [-0.2, 0) is 13.1 Å².